The number of ether oxygens (including phenoxy) is 1. The highest BCUT2D eigenvalue weighted by molar-refractivity contribution is 7.98. The molecule has 0 unspecified atom stereocenters. The van der Waals surface area contributed by atoms with E-state index in [0.29, 0.717) is 17.2 Å². The van der Waals surface area contributed by atoms with Crippen molar-refractivity contribution < 1.29 is 14.3 Å². The number of thioether (sulfide) groups is 1. The quantitative estimate of drug-likeness (QED) is 0.627. The maximum Gasteiger partial charge on any atom is 0.338 e. The molecule has 0 bridgehead atoms. The van der Waals surface area contributed by atoms with Crippen LogP contribution in [-0.4, -0.2) is 24.7 Å². The van der Waals surface area contributed by atoms with E-state index in [1.165, 1.54) is 5.56 Å². The molecule has 5 heteroatoms. The molecule has 0 spiro atoms. The molecule has 4 nitrogen and oxygen atoms in total. The zero-order chi connectivity index (χ0) is 17.5. The molecule has 1 N–H and O–H groups in total. The Labute approximate surface area is 146 Å². The van der Waals surface area contributed by atoms with Gasteiger partial charge in [-0.05, 0) is 54.1 Å². The van der Waals surface area contributed by atoms with Gasteiger partial charge in [0.05, 0.1) is 5.56 Å². The number of amides is 1. The van der Waals surface area contributed by atoms with E-state index in [9.17, 15) is 9.59 Å². The van der Waals surface area contributed by atoms with E-state index >= 15 is 0 Å². The summed E-state index contributed by atoms with van der Waals surface area (Å²) in [7, 11) is 0. The van der Waals surface area contributed by atoms with Gasteiger partial charge in [-0.1, -0.05) is 26.0 Å². The number of carbonyl (C=O) groups excluding carboxylic acids is 2. The molecule has 0 aliphatic carbocycles. The number of hydrogen-bond acceptors (Lipinski definition) is 4. The predicted molar refractivity (Wildman–Crippen MR) is 97.7 cm³/mol. The molecule has 2 aromatic carbocycles. The second kappa shape index (κ2) is 8.55. The molecule has 0 saturated heterocycles. The number of benzene rings is 2. The van der Waals surface area contributed by atoms with E-state index in [2.05, 4.69) is 19.2 Å². The Hall–Kier alpha value is -2.27. The van der Waals surface area contributed by atoms with Crippen LogP contribution >= 0.6 is 11.8 Å². The van der Waals surface area contributed by atoms with Crippen LogP contribution in [-0.2, 0) is 9.53 Å². The topological polar surface area (TPSA) is 55.4 Å². The van der Waals surface area contributed by atoms with E-state index in [1.807, 2.05) is 42.7 Å². The molecule has 0 atom stereocenters. The van der Waals surface area contributed by atoms with Crippen LogP contribution in [0.1, 0.15) is 35.7 Å². The summed E-state index contributed by atoms with van der Waals surface area (Å²) >= 11 is 1.60. The number of hydrogen-bond donors (Lipinski definition) is 1. The third-order valence-corrected chi connectivity index (χ3v) is 4.26. The Morgan fingerprint density at radius 2 is 1.67 bits per heavy atom. The molecule has 0 aliphatic heterocycles. The molecule has 0 aliphatic rings. The normalized spacial score (nSPS) is 10.5. The van der Waals surface area contributed by atoms with E-state index in [1.54, 1.807) is 23.9 Å². The van der Waals surface area contributed by atoms with Crippen LogP contribution < -0.4 is 5.32 Å². The highest BCUT2D eigenvalue weighted by Crippen LogP contribution is 2.17. The van der Waals surface area contributed by atoms with Crippen molar-refractivity contribution in [2.75, 3.05) is 18.2 Å². The maximum atomic E-state index is 11.9. The van der Waals surface area contributed by atoms with Gasteiger partial charge >= 0.3 is 5.97 Å². The number of esters is 1. The van der Waals surface area contributed by atoms with Crippen LogP contribution in [0.2, 0.25) is 0 Å². The van der Waals surface area contributed by atoms with E-state index in [0.717, 1.165) is 4.90 Å². The van der Waals surface area contributed by atoms with Crippen molar-refractivity contribution in [2.45, 2.75) is 24.7 Å². The molecule has 2 aromatic rings. The molecule has 1 amide bonds. The molecule has 126 valence electrons. The monoisotopic (exact) mass is 343 g/mol. The average Bonchev–Trinajstić information content (AvgIpc) is 2.60. The first-order chi connectivity index (χ1) is 11.5. The van der Waals surface area contributed by atoms with Crippen molar-refractivity contribution in [1.29, 1.82) is 0 Å². The summed E-state index contributed by atoms with van der Waals surface area (Å²) in [6, 6.07) is 14.7. The lowest BCUT2D eigenvalue weighted by Gasteiger charge is -2.09. The SMILES string of the molecule is CSc1ccc(C(=O)OCC(=O)Nc2ccc(C(C)C)cc2)cc1. The lowest BCUT2D eigenvalue weighted by atomic mass is 10.0. The molecule has 0 radical (unpaired) electrons. The minimum Gasteiger partial charge on any atom is -0.452 e. The van der Waals surface area contributed by atoms with Crippen LogP contribution in [0.15, 0.2) is 53.4 Å². The van der Waals surface area contributed by atoms with Crippen molar-refractivity contribution in [3.05, 3.63) is 59.7 Å². The van der Waals surface area contributed by atoms with Gasteiger partial charge in [-0.25, -0.2) is 4.79 Å². The Kier molecular flexibility index (Phi) is 6.44. The second-order valence-corrected chi connectivity index (χ2v) is 6.51. The Morgan fingerprint density at radius 3 is 2.21 bits per heavy atom. The van der Waals surface area contributed by atoms with Crippen molar-refractivity contribution in [3.8, 4) is 0 Å². The first kappa shape index (κ1) is 18.1. The fourth-order valence-electron chi connectivity index (χ4n) is 2.09. The van der Waals surface area contributed by atoms with Gasteiger partial charge in [0.15, 0.2) is 6.61 Å². The third kappa shape index (κ3) is 5.13. The van der Waals surface area contributed by atoms with Gasteiger partial charge in [-0.3, -0.25) is 4.79 Å². The average molecular weight is 343 g/mol. The highest BCUT2D eigenvalue weighted by Gasteiger charge is 2.10. The Balaban J connectivity index is 1.84. The van der Waals surface area contributed by atoms with E-state index in [4.69, 9.17) is 4.74 Å². The summed E-state index contributed by atoms with van der Waals surface area (Å²) in [6.45, 7) is 3.91. The van der Waals surface area contributed by atoms with Crippen molar-refractivity contribution in [2.24, 2.45) is 0 Å². The van der Waals surface area contributed by atoms with Crippen molar-refractivity contribution in [3.63, 3.8) is 0 Å². The van der Waals surface area contributed by atoms with Crippen LogP contribution in [0.4, 0.5) is 5.69 Å². The second-order valence-electron chi connectivity index (χ2n) is 5.63. The molecule has 0 aromatic heterocycles. The first-order valence-electron chi connectivity index (χ1n) is 7.70. The third-order valence-electron chi connectivity index (χ3n) is 3.52. The van der Waals surface area contributed by atoms with Gasteiger partial charge in [-0.15, -0.1) is 11.8 Å². The number of rotatable bonds is 6. The molecule has 2 rings (SSSR count). The first-order valence-corrected chi connectivity index (χ1v) is 8.93. The highest BCUT2D eigenvalue weighted by atomic mass is 32.2. The van der Waals surface area contributed by atoms with Crippen LogP contribution in [0.3, 0.4) is 0 Å². The van der Waals surface area contributed by atoms with E-state index < -0.39 is 5.97 Å². The summed E-state index contributed by atoms with van der Waals surface area (Å²) in [5.74, 6) is -0.428. The predicted octanol–water partition coefficient (Wildman–Crippen LogP) is 4.33. The minimum absolute atomic E-state index is 0.310. The summed E-state index contributed by atoms with van der Waals surface area (Å²) in [6.07, 6.45) is 1.96. The molecule has 24 heavy (non-hydrogen) atoms. The standard InChI is InChI=1S/C19H21NO3S/c1-13(2)14-4-8-16(9-5-14)20-18(21)12-23-19(22)15-6-10-17(24-3)11-7-15/h4-11,13H,12H2,1-3H3,(H,20,21). The van der Waals surface area contributed by atoms with Gasteiger partial charge in [0, 0.05) is 10.6 Å². The summed E-state index contributed by atoms with van der Waals surface area (Å²) in [5, 5.41) is 2.71. The van der Waals surface area contributed by atoms with Gasteiger partial charge in [0.1, 0.15) is 0 Å². The van der Waals surface area contributed by atoms with E-state index in [-0.39, 0.29) is 12.5 Å². The lowest BCUT2D eigenvalue weighted by Crippen LogP contribution is -2.20. The van der Waals surface area contributed by atoms with Gasteiger partial charge < -0.3 is 10.1 Å². The van der Waals surface area contributed by atoms with Crippen LogP contribution in [0, 0.1) is 0 Å². The molecule has 0 saturated carbocycles. The van der Waals surface area contributed by atoms with Gasteiger partial charge in [-0.2, -0.15) is 0 Å². The van der Waals surface area contributed by atoms with Crippen molar-refractivity contribution >= 4 is 29.3 Å². The Bertz CT molecular complexity index is 694. The Morgan fingerprint density at radius 1 is 1.04 bits per heavy atom. The van der Waals surface area contributed by atoms with Gasteiger partial charge in [0.2, 0.25) is 0 Å². The molecular weight excluding hydrogens is 322 g/mol. The van der Waals surface area contributed by atoms with Crippen LogP contribution in [0.25, 0.3) is 0 Å². The minimum atomic E-state index is -0.507. The molecular formula is C19H21NO3S. The summed E-state index contributed by atoms with van der Waals surface area (Å²) in [5.41, 5.74) is 2.32. The van der Waals surface area contributed by atoms with Crippen LogP contribution in [0.5, 0.6) is 0 Å². The fraction of sp³-hybridized carbons (Fsp3) is 0.263. The van der Waals surface area contributed by atoms with Gasteiger partial charge in [0.25, 0.3) is 5.91 Å². The zero-order valence-corrected chi connectivity index (χ0v) is 14.9. The zero-order valence-electron chi connectivity index (χ0n) is 14.0. The lowest BCUT2D eigenvalue weighted by molar-refractivity contribution is -0.119. The largest absolute Gasteiger partial charge is 0.452 e. The number of nitrogens with one attached hydrogen (secondary N) is 1. The molecule has 0 heterocycles. The summed E-state index contributed by atoms with van der Waals surface area (Å²) in [4.78, 5) is 24.9. The smallest absolute Gasteiger partial charge is 0.338 e. The molecule has 0 fully saturated rings. The number of carbonyl (C=O) groups is 2. The fourth-order valence-corrected chi connectivity index (χ4v) is 2.50. The summed E-state index contributed by atoms with van der Waals surface area (Å²) < 4.78 is 5.04. The number of anilines is 1. The maximum absolute atomic E-state index is 11.9. The van der Waals surface area contributed by atoms with Crippen molar-refractivity contribution in [1.82, 2.24) is 0 Å².